The van der Waals surface area contributed by atoms with E-state index in [0.717, 1.165) is 5.56 Å². The van der Waals surface area contributed by atoms with E-state index < -0.39 is 13.1 Å². The molecule has 1 aromatic carbocycles. The fraction of sp³-hybridized carbons (Fsp3) is 0.400. The summed E-state index contributed by atoms with van der Waals surface area (Å²) in [4.78, 5) is 0. The average molecular weight is 181 g/mol. The van der Waals surface area contributed by atoms with Crippen LogP contribution in [0.3, 0.4) is 0 Å². The van der Waals surface area contributed by atoms with Gasteiger partial charge in [0.15, 0.2) is 13.1 Å². The van der Waals surface area contributed by atoms with E-state index in [4.69, 9.17) is 9.47 Å². The van der Waals surface area contributed by atoms with Crippen LogP contribution in [0.15, 0.2) is 30.3 Å². The second-order valence-corrected chi connectivity index (χ2v) is 2.48. The third kappa shape index (κ3) is 3.14. The number of hydrogen-bond donors (Lipinski definition) is 0. The van der Waals surface area contributed by atoms with Crippen LogP contribution in [0.4, 0.5) is 0 Å². The van der Waals surface area contributed by atoms with Crippen molar-refractivity contribution in [2.75, 3.05) is 13.4 Å². The Kier molecular flexibility index (Phi) is 4.46. The molecule has 0 amide bonds. The van der Waals surface area contributed by atoms with E-state index in [9.17, 15) is 5.11 Å². The lowest BCUT2D eigenvalue weighted by Gasteiger charge is -2.15. The highest BCUT2D eigenvalue weighted by molar-refractivity contribution is 5.15. The Hall–Kier alpha value is -0.900. The average Bonchev–Trinajstić information content (AvgIpc) is 2.19. The van der Waals surface area contributed by atoms with Crippen molar-refractivity contribution in [2.24, 2.45) is 0 Å². The molecular weight excluding hydrogens is 168 g/mol. The number of rotatable bonds is 5. The molecule has 0 aromatic heterocycles. The van der Waals surface area contributed by atoms with Crippen molar-refractivity contribution in [1.29, 1.82) is 0 Å². The Balaban J connectivity index is 2.64. The van der Waals surface area contributed by atoms with Gasteiger partial charge in [-0.2, -0.15) is 0 Å². The lowest BCUT2D eigenvalue weighted by molar-refractivity contribution is -0.197. The summed E-state index contributed by atoms with van der Waals surface area (Å²) < 4.78 is 10.1. The molecule has 13 heavy (non-hydrogen) atoms. The molecule has 0 N–H and O–H groups in total. The summed E-state index contributed by atoms with van der Waals surface area (Å²) in [5.41, 5.74) is 0.875. The highest BCUT2D eigenvalue weighted by Gasteiger charge is 2.10. The van der Waals surface area contributed by atoms with Crippen LogP contribution in [0.25, 0.3) is 0 Å². The van der Waals surface area contributed by atoms with Crippen LogP contribution in [0.1, 0.15) is 18.8 Å². The van der Waals surface area contributed by atoms with Crippen LogP contribution in [-0.2, 0) is 14.6 Å². The van der Waals surface area contributed by atoms with Crippen LogP contribution in [0, 0.1) is 0 Å². The van der Waals surface area contributed by atoms with E-state index >= 15 is 0 Å². The van der Waals surface area contributed by atoms with Crippen LogP contribution < -0.4 is 0 Å². The Morgan fingerprint density at radius 2 is 1.92 bits per heavy atom. The van der Waals surface area contributed by atoms with E-state index in [2.05, 4.69) is 0 Å². The lowest BCUT2D eigenvalue weighted by Crippen LogP contribution is -2.08. The Morgan fingerprint density at radius 1 is 1.23 bits per heavy atom. The van der Waals surface area contributed by atoms with Crippen molar-refractivity contribution in [3.8, 4) is 0 Å². The maximum absolute atomic E-state index is 10.3. The van der Waals surface area contributed by atoms with E-state index in [1.165, 1.54) is 0 Å². The molecule has 0 saturated heterocycles. The minimum atomic E-state index is -0.584. The number of ether oxygens (including phenoxy) is 2. The summed E-state index contributed by atoms with van der Waals surface area (Å²) in [7, 11) is 0. The molecule has 0 fully saturated rings. The van der Waals surface area contributed by atoms with Crippen molar-refractivity contribution in [2.45, 2.75) is 13.2 Å². The molecule has 71 valence electrons. The first-order chi connectivity index (χ1) is 6.38. The van der Waals surface area contributed by atoms with Crippen molar-refractivity contribution >= 4 is 0 Å². The summed E-state index contributed by atoms with van der Waals surface area (Å²) >= 11 is 0. The molecule has 1 aromatic rings. The zero-order valence-electron chi connectivity index (χ0n) is 7.60. The molecule has 1 rings (SSSR count). The molecule has 0 spiro atoms. The molecule has 0 aliphatic rings. The monoisotopic (exact) mass is 181 g/mol. The first kappa shape index (κ1) is 10.2. The van der Waals surface area contributed by atoms with Gasteiger partial charge in [0.05, 0.1) is 0 Å². The third-order valence-corrected chi connectivity index (χ3v) is 1.61. The zero-order chi connectivity index (χ0) is 9.52. The fourth-order valence-electron chi connectivity index (χ4n) is 1.06. The van der Waals surface area contributed by atoms with E-state index in [-0.39, 0.29) is 0 Å². The second kappa shape index (κ2) is 5.70. The molecule has 3 nitrogen and oxygen atoms in total. The van der Waals surface area contributed by atoms with Crippen molar-refractivity contribution in [3.05, 3.63) is 35.9 Å². The summed E-state index contributed by atoms with van der Waals surface area (Å²) in [5, 5.41) is 10.3. The fourth-order valence-corrected chi connectivity index (χ4v) is 1.06. The zero-order valence-corrected chi connectivity index (χ0v) is 7.60. The van der Waals surface area contributed by atoms with Gasteiger partial charge >= 0.3 is 0 Å². The smallest absolute Gasteiger partial charge is 0.186 e. The minimum absolute atomic E-state index is 0.524. The predicted octanol–water partition coefficient (Wildman–Crippen LogP) is 2.13. The molecule has 0 aliphatic carbocycles. The summed E-state index contributed by atoms with van der Waals surface area (Å²) in [6.07, 6.45) is -0.524. The maximum Gasteiger partial charge on any atom is 0.186 e. The topological polar surface area (TPSA) is 38.4 Å². The van der Waals surface area contributed by atoms with Crippen LogP contribution in [0.2, 0.25) is 0 Å². The molecule has 1 radical (unpaired) electrons. The van der Waals surface area contributed by atoms with Gasteiger partial charge in [-0.05, 0) is 6.92 Å². The van der Waals surface area contributed by atoms with E-state index in [1.807, 2.05) is 37.3 Å². The van der Waals surface area contributed by atoms with Gasteiger partial charge in [-0.15, -0.1) is 0 Å². The quantitative estimate of drug-likeness (QED) is 0.652. The Bertz CT molecular complexity index is 217. The first-order valence-corrected chi connectivity index (χ1v) is 4.24. The van der Waals surface area contributed by atoms with Crippen molar-refractivity contribution in [3.63, 3.8) is 0 Å². The van der Waals surface area contributed by atoms with E-state index in [1.54, 1.807) is 0 Å². The third-order valence-electron chi connectivity index (χ3n) is 1.61. The number of benzene rings is 1. The summed E-state index contributed by atoms with van der Waals surface area (Å²) in [5.74, 6) is 0. The Morgan fingerprint density at radius 3 is 2.46 bits per heavy atom. The minimum Gasteiger partial charge on any atom is -0.349 e. The van der Waals surface area contributed by atoms with Crippen LogP contribution in [-0.4, -0.2) is 13.4 Å². The molecule has 3 heteroatoms. The SMILES string of the molecule is CCOC(OC[O])c1ccccc1. The normalized spacial score (nSPS) is 12.8. The Labute approximate surface area is 77.9 Å². The van der Waals surface area contributed by atoms with Gasteiger partial charge in [-0.25, -0.2) is 5.11 Å². The molecule has 0 aliphatic heterocycles. The van der Waals surface area contributed by atoms with Gasteiger partial charge in [-0.3, -0.25) is 0 Å². The van der Waals surface area contributed by atoms with E-state index in [0.29, 0.717) is 6.61 Å². The molecular formula is C10H13O3. The molecule has 1 atom stereocenters. The molecule has 0 saturated carbocycles. The van der Waals surface area contributed by atoms with Gasteiger partial charge in [0.2, 0.25) is 0 Å². The van der Waals surface area contributed by atoms with Crippen LogP contribution >= 0.6 is 0 Å². The highest BCUT2D eigenvalue weighted by Crippen LogP contribution is 2.17. The summed E-state index contributed by atoms with van der Waals surface area (Å²) in [6.45, 7) is 1.81. The van der Waals surface area contributed by atoms with Gasteiger partial charge in [0, 0.05) is 12.2 Å². The maximum atomic E-state index is 10.3. The second-order valence-electron chi connectivity index (χ2n) is 2.48. The van der Waals surface area contributed by atoms with Gasteiger partial charge < -0.3 is 9.47 Å². The number of hydrogen-bond acceptors (Lipinski definition) is 2. The highest BCUT2D eigenvalue weighted by atomic mass is 16.7. The lowest BCUT2D eigenvalue weighted by atomic mass is 10.2. The van der Waals surface area contributed by atoms with Crippen molar-refractivity contribution in [1.82, 2.24) is 0 Å². The van der Waals surface area contributed by atoms with Gasteiger partial charge in [-0.1, -0.05) is 30.3 Å². The summed E-state index contributed by atoms with van der Waals surface area (Å²) in [6, 6.07) is 9.42. The molecule has 0 bridgehead atoms. The molecule has 0 heterocycles. The molecule has 1 unspecified atom stereocenters. The van der Waals surface area contributed by atoms with Crippen LogP contribution in [0.5, 0.6) is 0 Å². The first-order valence-electron chi connectivity index (χ1n) is 4.24. The van der Waals surface area contributed by atoms with Gasteiger partial charge in [0.25, 0.3) is 0 Å². The van der Waals surface area contributed by atoms with Crippen molar-refractivity contribution < 1.29 is 14.6 Å². The predicted molar refractivity (Wildman–Crippen MR) is 47.4 cm³/mol. The largest absolute Gasteiger partial charge is 0.349 e. The standard InChI is InChI=1S/C10H13O3/c1-2-12-10(13-8-11)9-6-4-3-5-7-9/h3-7,10H,2,8H2,1H3. The van der Waals surface area contributed by atoms with Gasteiger partial charge in [0.1, 0.15) is 0 Å².